The number of primary amides is 2. The highest BCUT2D eigenvalue weighted by Gasteiger charge is 2.30. The molecule has 0 saturated carbocycles. The molecule has 11 N–H and O–H groups in total. The van der Waals surface area contributed by atoms with Gasteiger partial charge in [-0.1, -0.05) is 0 Å². The van der Waals surface area contributed by atoms with E-state index in [2.05, 4.69) is 28.6 Å². The van der Waals surface area contributed by atoms with Crippen molar-refractivity contribution in [1.29, 1.82) is 0 Å². The van der Waals surface area contributed by atoms with Gasteiger partial charge in [-0.15, -0.1) is 0 Å². The highest BCUT2D eigenvalue weighted by atomic mass is 32.1. The zero-order valence-corrected chi connectivity index (χ0v) is 16.8. The van der Waals surface area contributed by atoms with Crippen LogP contribution in [0.4, 0.5) is 0 Å². The van der Waals surface area contributed by atoms with E-state index in [1.54, 1.807) is 0 Å². The van der Waals surface area contributed by atoms with Gasteiger partial charge in [0, 0.05) is 12.2 Å². The Labute approximate surface area is 176 Å². The predicted octanol–water partition coefficient (Wildman–Crippen LogP) is -5.08. The van der Waals surface area contributed by atoms with E-state index in [4.69, 9.17) is 22.3 Å². The molecule has 5 amide bonds. The molecule has 0 spiro atoms. The molecule has 0 aromatic rings. The third kappa shape index (κ3) is 10.0. The number of hydrogen-bond acceptors (Lipinski definition) is 9. The average molecular weight is 450 g/mol. The molecule has 170 valence electrons. The summed E-state index contributed by atoms with van der Waals surface area (Å²) in [6.07, 6.45) is -0.966. The molecule has 0 aliphatic rings. The molecule has 0 aliphatic carbocycles. The topological polar surface area (TPSA) is 257 Å². The van der Waals surface area contributed by atoms with Crippen LogP contribution in [0.2, 0.25) is 0 Å². The van der Waals surface area contributed by atoms with Crippen molar-refractivity contribution in [3.05, 3.63) is 0 Å². The summed E-state index contributed by atoms with van der Waals surface area (Å²) in [5.41, 5.74) is 15.6. The zero-order valence-electron chi connectivity index (χ0n) is 15.9. The number of nitrogens with two attached hydrogens (primary N) is 3. The van der Waals surface area contributed by atoms with Gasteiger partial charge in [0.25, 0.3) is 0 Å². The van der Waals surface area contributed by atoms with E-state index >= 15 is 0 Å². The molecule has 15 heteroatoms. The first kappa shape index (κ1) is 27.1. The van der Waals surface area contributed by atoms with Gasteiger partial charge in [0.2, 0.25) is 29.5 Å². The lowest BCUT2D eigenvalue weighted by atomic mass is 10.1. The molecule has 0 radical (unpaired) electrons. The van der Waals surface area contributed by atoms with E-state index in [0.29, 0.717) is 0 Å². The highest BCUT2D eigenvalue weighted by Crippen LogP contribution is 2.00. The average Bonchev–Trinajstić information content (AvgIpc) is 2.66. The minimum Gasteiger partial charge on any atom is -0.480 e. The summed E-state index contributed by atoms with van der Waals surface area (Å²) in [5, 5.41) is 24.6. The number of carbonyl (C=O) groups excluding carboxylic acids is 5. The number of rotatable bonds is 14. The second-order valence-electron chi connectivity index (χ2n) is 6.17. The van der Waals surface area contributed by atoms with Crippen LogP contribution in [-0.4, -0.2) is 82.2 Å². The molecule has 4 unspecified atom stereocenters. The number of carboxylic acids is 1. The van der Waals surface area contributed by atoms with Crippen LogP contribution in [0.1, 0.15) is 19.3 Å². The molecule has 0 heterocycles. The summed E-state index contributed by atoms with van der Waals surface area (Å²) in [6, 6.07) is -5.73. The fourth-order valence-electron chi connectivity index (χ4n) is 2.04. The Morgan fingerprint density at radius 2 is 1.33 bits per heavy atom. The Hall–Kier alpha value is -2.91. The zero-order chi connectivity index (χ0) is 23.4. The van der Waals surface area contributed by atoms with Gasteiger partial charge in [-0.3, -0.25) is 24.0 Å². The fourth-order valence-corrected chi connectivity index (χ4v) is 2.29. The van der Waals surface area contributed by atoms with Gasteiger partial charge in [0.15, 0.2) is 0 Å². The standard InChI is InChI=1S/C15H26N6O8S/c16-6(1-2-10(17)23)12(25)19-7(3-11(18)24)13(26)20-8(4-22)14(27)21-9(5-30)15(28)29/h6-9,22,30H,1-5,16H2,(H2,17,23)(H2,18,24)(H,19,25)(H,20,26)(H,21,27)(H,28,29). The number of hydrogen-bond donors (Lipinski definition) is 9. The summed E-state index contributed by atoms with van der Waals surface area (Å²) < 4.78 is 0. The van der Waals surface area contributed by atoms with E-state index < -0.39 is 72.7 Å². The highest BCUT2D eigenvalue weighted by molar-refractivity contribution is 7.80. The third-order valence-corrected chi connectivity index (χ3v) is 4.05. The minimum atomic E-state index is -1.59. The number of thiol groups is 1. The molecule has 30 heavy (non-hydrogen) atoms. The summed E-state index contributed by atoms with van der Waals surface area (Å²) in [5.74, 6) is -6.27. The lowest BCUT2D eigenvalue weighted by Crippen LogP contribution is -2.58. The summed E-state index contributed by atoms with van der Waals surface area (Å²) in [7, 11) is 0. The van der Waals surface area contributed by atoms with Crippen molar-refractivity contribution in [3.8, 4) is 0 Å². The van der Waals surface area contributed by atoms with Crippen molar-refractivity contribution in [1.82, 2.24) is 16.0 Å². The van der Waals surface area contributed by atoms with Crippen molar-refractivity contribution >= 4 is 48.1 Å². The van der Waals surface area contributed by atoms with Gasteiger partial charge in [-0.25, -0.2) is 4.79 Å². The Balaban J connectivity index is 5.16. The maximum Gasteiger partial charge on any atom is 0.327 e. The first-order chi connectivity index (χ1) is 13.9. The number of nitrogens with one attached hydrogen (secondary N) is 3. The number of aliphatic carboxylic acids is 1. The Morgan fingerprint density at radius 1 is 0.833 bits per heavy atom. The normalized spacial score (nSPS) is 14.5. The number of aliphatic hydroxyl groups is 1. The Kier molecular flexibility index (Phi) is 12.0. The molecule has 0 aromatic carbocycles. The van der Waals surface area contributed by atoms with Crippen LogP contribution < -0.4 is 33.2 Å². The molecule has 0 aromatic heterocycles. The fraction of sp³-hybridized carbons (Fsp3) is 0.600. The monoisotopic (exact) mass is 450 g/mol. The van der Waals surface area contributed by atoms with Crippen LogP contribution >= 0.6 is 12.6 Å². The van der Waals surface area contributed by atoms with Crippen LogP contribution in [-0.2, 0) is 28.8 Å². The molecule has 14 nitrogen and oxygen atoms in total. The van der Waals surface area contributed by atoms with E-state index in [-0.39, 0.29) is 18.6 Å². The summed E-state index contributed by atoms with van der Waals surface area (Å²) in [6.45, 7) is -0.911. The molecular weight excluding hydrogens is 424 g/mol. The van der Waals surface area contributed by atoms with Crippen LogP contribution in [0.25, 0.3) is 0 Å². The predicted molar refractivity (Wildman–Crippen MR) is 105 cm³/mol. The maximum atomic E-state index is 12.4. The van der Waals surface area contributed by atoms with Gasteiger partial charge in [0.05, 0.1) is 19.1 Å². The second-order valence-corrected chi connectivity index (χ2v) is 6.53. The quantitative estimate of drug-likeness (QED) is 0.114. The minimum absolute atomic E-state index is 0.117. The van der Waals surface area contributed by atoms with Crippen molar-refractivity contribution < 1.29 is 39.0 Å². The second kappa shape index (κ2) is 13.3. The molecule has 4 atom stereocenters. The smallest absolute Gasteiger partial charge is 0.327 e. The van der Waals surface area contributed by atoms with Crippen molar-refractivity contribution in [2.24, 2.45) is 17.2 Å². The Bertz CT molecular complexity index is 676. The van der Waals surface area contributed by atoms with E-state index in [0.717, 1.165) is 0 Å². The van der Waals surface area contributed by atoms with Crippen molar-refractivity contribution in [2.45, 2.75) is 43.4 Å². The van der Waals surface area contributed by atoms with E-state index in [1.165, 1.54) is 0 Å². The first-order valence-electron chi connectivity index (χ1n) is 8.60. The molecule has 0 bridgehead atoms. The SMILES string of the molecule is NC(=O)CCC(N)C(=O)NC(CC(N)=O)C(=O)NC(CO)C(=O)NC(CS)C(=O)O. The van der Waals surface area contributed by atoms with Crippen LogP contribution in [0.3, 0.4) is 0 Å². The van der Waals surface area contributed by atoms with Crippen LogP contribution in [0.15, 0.2) is 0 Å². The lowest BCUT2D eigenvalue weighted by Gasteiger charge is -2.23. The van der Waals surface area contributed by atoms with Gasteiger partial charge in [0.1, 0.15) is 18.1 Å². The van der Waals surface area contributed by atoms with Crippen LogP contribution in [0.5, 0.6) is 0 Å². The van der Waals surface area contributed by atoms with E-state index in [1.807, 2.05) is 0 Å². The summed E-state index contributed by atoms with van der Waals surface area (Å²) >= 11 is 3.77. The largest absolute Gasteiger partial charge is 0.480 e. The summed E-state index contributed by atoms with van der Waals surface area (Å²) in [4.78, 5) is 69.5. The maximum absolute atomic E-state index is 12.4. The molecule has 0 saturated heterocycles. The number of carboxylic acid groups (broad SMARTS) is 1. The molecule has 0 aliphatic heterocycles. The third-order valence-electron chi connectivity index (χ3n) is 3.69. The van der Waals surface area contributed by atoms with E-state index in [9.17, 15) is 33.9 Å². The number of carbonyl (C=O) groups is 6. The lowest BCUT2D eigenvalue weighted by molar-refractivity contribution is -0.142. The van der Waals surface area contributed by atoms with Crippen molar-refractivity contribution in [2.75, 3.05) is 12.4 Å². The van der Waals surface area contributed by atoms with Gasteiger partial charge in [-0.05, 0) is 6.42 Å². The van der Waals surface area contributed by atoms with Crippen LogP contribution in [0, 0.1) is 0 Å². The first-order valence-corrected chi connectivity index (χ1v) is 9.23. The van der Waals surface area contributed by atoms with Gasteiger partial charge < -0.3 is 43.4 Å². The molecule has 0 rings (SSSR count). The number of aliphatic hydroxyl groups excluding tert-OH is 1. The van der Waals surface area contributed by atoms with Gasteiger partial charge in [-0.2, -0.15) is 12.6 Å². The number of amides is 5. The van der Waals surface area contributed by atoms with Crippen molar-refractivity contribution in [3.63, 3.8) is 0 Å². The Morgan fingerprint density at radius 3 is 1.77 bits per heavy atom. The molecule has 0 fully saturated rings. The van der Waals surface area contributed by atoms with Gasteiger partial charge >= 0.3 is 5.97 Å². The molecular formula is C15H26N6O8S.